The summed E-state index contributed by atoms with van der Waals surface area (Å²) in [6.45, 7) is 0.192. The van der Waals surface area contributed by atoms with Crippen LogP contribution >= 0.6 is 11.6 Å². The third-order valence-electron chi connectivity index (χ3n) is 6.99. The van der Waals surface area contributed by atoms with E-state index in [1.165, 1.54) is 17.0 Å². The molecule has 1 saturated heterocycles. The summed E-state index contributed by atoms with van der Waals surface area (Å²) in [4.78, 5) is 51.2. The van der Waals surface area contributed by atoms with Crippen LogP contribution in [0, 0.1) is 11.7 Å². The molecule has 7 nitrogen and oxygen atoms in total. The molecule has 4 amide bonds. The van der Waals surface area contributed by atoms with Crippen LogP contribution in [-0.2, 0) is 16.1 Å². The van der Waals surface area contributed by atoms with Crippen molar-refractivity contribution in [2.24, 2.45) is 5.92 Å². The number of carbonyl (C=O) groups excluding carboxylic acids is 4. The van der Waals surface area contributed by atoms with Gasteiger partial charge in [-0.25, -0.2) is 4.39 Å². The average Bonchev–Trinajstić information content (AvgIpc) is 3.08. The summed E-state index contributed by atoms with van der Waals surface area (Å²) in [5.74, 6) is -1.64. The van der Waals surface area contributed by atoms with Crippen molar-refractivity contribution in [2.75, 3.05) is 0 Å². The van der Waals surface area contributed by atoms with Gasteiger partial charge in [0.25, 0.3) is 11.8 Å². The third kappa shape index (κ3) is 4.07. The maximum Gasteiger partial charge on any atom is 0.255 e. The minimum atomic E-state index is -0.710. The molecule has 0 spiro atoms. The van der Waals surface area contributed by atoms with Crippen molar-refractivity contribution in [3.05, 3.63) is 69.5 Å². The number of benzene rings is 2. The smallest absolute Gasteiger partial charge is 0.255 e. The Bertz CT molecular complexity index is 1210. The maximum atomic E-state index is 13.6. The fraction of sp³-hybridized carbons (Fsp3) is 0.360. The van der Waals surface area contributed by atoms with Gasteiger partial charge >= 0.3 is 0 Å². The number of nitrogens with one attached hydrogen (secondary N) is 2. The van der Waals surface area contributed by atoms with Crippen LogP contribution < -0.4 is 10.6 Å². The molecule has 0 bridgehead atoms. The van der Waals surface area contributed by atoms with E-state index in [0.29, 0.717) is 22.3 Å². The molecule has 2 aromatic carbocycles. The molecule has 1 unspecified atom stereocenters. The summed E-state index contributed by atoms with van der Waals surface area (Å²) in [6.07, 6.45) is 3.40. The number of amides is 4. The molecule has 2 N–H and O–H groups in total. The number of rotatable bonds is 5. The fourth-order valence-electron chi connectivity index (χ4n) is 4.92. The second kappa shape index (κ2) is 8.83. The monoisotopic (exact) mass is 483 g/mol. The minimum Gasteiger partial charge on any atom is -0.345 e. The predicted octanol–water partition coefficient (Wildman–Crippen LogP) is 3.51. The van der Waals surface area contributed by atoms with E-state index in [1.54, 1.807) is 24.3 Å². The van der Waals surface area contributed by atoms with Crippen molar-refractivity contribution in [3.8, 4) is 0 Å². The summed E-state index contributed by atoms with van der Waals surface area (Å²) in [6, 6.07) is 8.00. The number of fused-ring (bicyclic) bond motifs is 1. The number of piperidine rings is 1. The van der Waals surface area contributed by atoms with Crippen LogP contribution in [0.2, 0.25) is 5.02 Å². The van der Waals surface area contributed by atoms with Crippen LogP contribution in [0.5, 0.6) is 0 Å². The van der Waals surface area contributed by atoms with Gasteiger partial charge in [-0.1, -0.05) is 24.1 Å². The van der Waals surface area contributed by atoms with Gasteiger partial charge in [-0.15, -0.1) is 0 Å². The number of imide groups is 1. The number of hydrogen-bond donors (Lipinski definition) is 2. The lowest BCUT2D eigenvalue weighted by Crippen LogP contribution is -2.52. The quantitative estimate of drug-likeness (QED) is 0.636. The van der Waals surface area contributed by atoms with Crippen molar-refractivity contribution in [1.82, 2.24) is 15.5 Å². The highest BCUT2D eigenvalue weighted by Gasteiger charge is 2.39. The maximum absolute atomic E-state index is 13.6. The molecule has 1 aliphatic carbocycles. The molecular weight excluding hydrogens is 461 g/mol. The molecule has 2 aromatic rings. The Morgan fingerprint density at radius 2 is 1.91 bits per heavy atom. The van der Waals surface area contributed by atoms with Gasteiger partial charge in [0.1, 0.15) is 11.9 Å². The van der Waals surface area contributed by atoms with E-state index >= 15 is 0 Å². The number of nitrogens with zero attached hydrogens (tertiary/aromatic N) is 1. The summed E-state index contributed by atoms with van der Waals surface area (Å²) < 4.78 is 13.6. The van der Waals surface area contributed by atoms with Crippen molar-refractivity contribution < 1.29 is 23.6 Å². The molecule has 0 aromatic heterocycles. The van der Waals surface area contributed by atoms with Gasteiger partial charge in [-0.05, 0) is 66.6 Å². The van der Waals surface area contributed by atoms with E-state index in [4.69, 9.17) is 11.6 Å². The SMILES string of the molecule is O=C1CCC(N2Cc3cc(C(=O)N[C@H](c4ccc(F)cc4Cl)C4CCC4)ccc3C2=O)C(=O)N1. The molecule has 0 radical (unpaired) electrons. The zero-order valence-corrected chi connectivity index (χ0v) is 19.0. The van der Waals surface area contributed by atoms with Crippen molar-refractivity contribution in [2.45, 2.75) is 50.7 Å². The molecule has 3 aliphatic rings. The largest absolute Gasteiger partial charge is 0.345 e. The summed E-state index contributed by atoms with van der Waals surface area (Å²) >= 11 is 6.29. The number of carbonyl (C=O) groups is 4. The Labute approximate surface area is 200 Å². The fourth-order valence-corrected chi connectivity index (χ4v) is 5.20. The molecule has 2 aliphatic heterocycles. The van der Waals surface area contributed by atoms with Gasteiger partial charge in [-0.2, -0.15) is 0 Å². The summed E-state index contributed by atoms with van der Waals surface area (Å²) in [5.41, 5.74) is 2.17. The van der Waals surface area contributed by atoms with Crippen LogP contribution in [-0.4, -0.2) is 34.6 Å². The Hall–Kier alpha value is -3.26. The Balaban J connectivity index is 1.35. The first-order chi connectivity index (χ1) is 16.3. The van der Waals surface area contributed by atoms with E-state index in [9.17, 15) is 23.6 Å². The van der Waals surface area contributed by atoms with Gasteiger partial charge < -0.3 is 10.2 Å². The molecule has 176 valence electrons. The lowest BCUT2D eigenvalue weighted by atomic mass is 9.77. The molecular formula is C25H23ClFN3O4. The van der Waals surface area contributed by atoms with Crippen LogP contribution in [0.3, 0.4) is 0 Å². The van der Waals surface area contributed by atoms with Crippen LogP contribution in [0.15, 0.2) is 36.4 Å². The predicted molar refractivity (Wildman–Crippen MR) is 121 cm³/mol. The normalized spacial score (nSPS) is 21.1. The second-order valence-corrected chi connectivity index (χ2v) is 9.49. The first-order valence-electron chi connectivity index (χ1n) is 11.3. The molecule has 9 heteroatoms. The second-order valence-electron chi connectivity index (χ2n) is 9.08. The molecule has 1 saturated carbocycles. The molecule has 5 rings (SSSR count). The van der Waals surface area contributed by atoms with E-state index in [-0.39, 0.29) is 54.1 Å². The van der Waals surface area contributed by atoms with E-state index in [0.717, 1.165) is 19.3 Å². The highest BCUT2D eigenvalue weighted by molar-refractivity contribution is 6.31. The molecule has 2 atom stereocenters. The van der Waals surface area contributed by atoms with Crippen molar-refractivity contribution in [3.63, 3.8) is 0 Å². The summed E-state index contributed by atoms with van der Waals surface area (Å²) in [7, 11) is 0. The van der Waals surface area contributed by atoms with Gasteiger partial charge in [0.15, 0.2) is 0 Å². The zero-order chi connectivity index (χ0) is 24.0. The lowest BCUT2D eigenvalue weighted by molar-refractivity contribution is -0.136. The van der Waals surface area contributed by atoms with Crippen LogP contribution in [0.1, 0.15) is 70.0 Å². The highest BCUT2D eigenvalue weighted by atomic mass is 35.5. The zero-order valence-electron chi connectivity index (χ0n) is 18.3. The lowest BCUT2D eigenvalue weighted by Gasteiger charge is -2.35. The topological polar surface area (TPSA) is 95.6 Å². The highest BCUT2D eigenvalue weighted by Crippen LogP contribution is 2.40. The molecule has 2 heterocycles. The van der Waals surface area contributed by atoms with E-state index in [2.05, 4.69) is 10.6 Å². The third-order valence-corrected chi connectivity index (χ3v) is 7.32. The Morgan fingerprint density at radius 1 is 1.12 bits per heavy atom. The Morgan fingerprint density at radius 3 is 2.59 bits per heavy atom. The van der Waals surface area contributed by atoms with Gasteiger partial charge in [-0.3, -0.25) is 24.5 Å². The van der Waals surface area contributed by atoms with Gasteiger partial charge in [0.2, 0.25) is 11.8 Å². The average molecular weight is 484 g/mol. The van der Waals surface area contributed by atoms with Crippen molar-refractivity contribution in [1.29, 1.82) is 0 Å². The van der Waals surface area contributed by atoms with Crippen LogP contribution in [0.25, 0.3) is 0 Å². The van der Waals surface area contributed by atoms with E-state index < -0.39 is 17.8 Å². The van der Waals surface area contributed by atoms with E-state index in [1.807, 2.05) is 0 Å². The molecule has 34 heavy (non-hydrogen) atoms. The summed E-state index contributed by atoms with van der Waals surface area (Å²) in [5, 5.41) is 5.61. The van der Waals surface area contributed by atoms with Crippen LogP contribution in [0.4, 0.5) is 4.39 Å². The standard InChI is InChI=1S/C25H23ClFN3O4/c26-19-11-16(27)5-7-18(19)22(13-2-1-3-13)29-23(32)14-4-6-17-15(10-14)12-30(25(17)34)20-8-9-21(31)28-24(20)33/h4-7,10-11,13,20,22H,1-3,8-9,12H2,(H,29,32)(H,28,31,33)/t20?,22-/m0/s1. The number of halogens is 2. The number of hydrogen-bond acceptors (Lipinski definition) is 4. The molecule has 2 fully saturated rings. The first-order valence-corrected chi connectivity index (χ1v) is 11.7. The van der Waals surface area contributed by atoms with Gasteiger partial charge in [0, 0.05) is 29.1 Å². The minimum absolute atomic E-state index is 0.179. The first kappa shape index (κ1) is 22.5. The van der Waals surface area contributed by atoms with Crippen molar-refractivity contribution >= 4 is 35.2 Å². The Kier molecular flexibility index (Phi) is 5.85. The van der Waals surface area contributed by atoms with Gasteiger partial charge in [0.05, 0.1) is 6.04 Å².